The number of rotatable bonds is 3. The van der Waals surface area contributed by atoms with Gasteiger partial charge < -0.3 is 10.2 Å². The second kappa shape index (κ2) is 7.18. The molecule has 10 heteroatoms. The van der Waals surface area contributed by atoms with Crippen molar-refractivity contribution in [2.45, 2.75) is 19.6 Å². The first-order chi connectivity index (χ1) is 15.7. The lowest BCUT2D eigenvalue weighted by Gasteiger charge is -2.11. The summed E-state index contributed by atoms with van der Waals surface area (Å²) in [5, 5.41) is 9.31. The van der Waals surface area contributed by atoms with Gasteiger partial charge >= 0.3 is 0 Å². The number of imidazole rings is 1. The van der Waals surface area contributed by atoms with Gasteiger partial charge in [-0.05, 0) is 24.3 Å². The Morgan fingerprint density at radius 3 is 3.06 bits per heavy atom. The van der Waals surface area contributed by atoms with Crippen LogP contribution in [0.3, 0.4) is 0 Å². The van der Waals surface area contributed by atoms with Crippen LogP contribution in [0.25, 0.3) is 16.8 Å². The normalized spacial score (nSPS) is 14.7. The van der Waals surface area contributed by atoms with Crippen LogP contribution in [-0.4, -0.2) is 25.5 Å². The van der Waals surface area contributed by atoms with Crippen molar-refractivity contribution >= 4 is 11.5 Å². The van der Waals surface area contributed by atoms with Crippen LogP contribution in [0.15, 0.2) is 47.8 Å². The summed E-state index contributed by atoms with van der Waals surface area (Å²) in [6.45, 7) is 1.18. The summed E-state index contributed by atoms with van der Waals surface area (Å²) in [5.74, 6) is 1.22. The van der Waals surface area contributed by atoms with Crippen molar-refractivity contribution in [3.05, 3.63) is 71.1 Å². The number of nitrogens with one attached hydrogen (secondary N) is 2. The molecule has 1 aromatic carbocycles. The SMILES string of the molecule is N#Cc1cnc2c(-c3cnc(=NCc4c(F)ccc5c4CCO5)n4c3NNC4)cccn12. The molecule has 0 saturated heterocycles. The third kappa shape index (κ3) is 2.75. The highest BCUT2D eigenvalue weighted by molar-refractivity contribution is 5.84. The standard InChI is InChI=1S/C22H17FN8O/c23-18-3-4-19-14(5-7-32-19)16(18)10-26-22-27-11-17(21-29-28-12-31(21)22)15-2-1-6-30-13(8-24)9-25-20(15)30/h1-4,6,9,11,28-29H,5,7,10,12H2. The molecule has 2 aliphatic rings. The summed E-state index contributed by atoms with van der Waals surface area (Å²) in [5.41, 5.74) is 10.9. The number of ether oxygens (including phenoxy) is 1. The number of anilines is 1. The van der Waals surface area contributed by atoms with E-state index in [1.165, 1.54) is 6.07 Å². The largest absolute Gasteiger partial charge is 0.493 e. The molecule has 0 saturated carbocycles. The molecular formula is C22H17FN8O. The van der Waals surface area contributed by atoms with Gasteiger partial charge in [-0.3, -0.25) is 8.97 Å². The van der Waals surface area contributed by atoms with Gasteiger partial charge in [-0.25, -0.2) is 24.8 Å². The maximum absolute atomic E-state index is 14.5. The molecule has 32 heavy (non-hydrogen) atoms. The van der Waals surface area contributed by atoms with Crippen LogP contribution in [0.2, 0.25) is 0 Å². The van der Waals surface area contributed by atoms with Crippen molar-refractivity contribution in [3.63, 3.8) is 0 Å². The lowest BCUT2D eigenvalue weighted by molar-refractivity contribution is 0.356. The second-order valence-electron chi connectivity index (χ2n) is 7.50. The molecule has 6 rings (SSSR count). The Morgan fingerprint density at radius 1 is 1.22 bits per heavy atom. The van der Waals surface area contributed by atoms with Gasteiger partial charge in [0.05, 0.1) is 26.0 Å². The first kappa shape index (κ1) is 18.5. The minimum absolute atomic E-state index is 0.172. The average molecular weight is 428 g/mol. The van der Waals surface area contributed by atoms with E-state index in [9.17, 15) is 9.65 Å². The maximum Gasteiger partial charge on any atom is 0.227 e. The summed E-state index contributed by atoms with van der Waals surface area (Å²) in [4.78, 5) is 13.6. The first-order valence-electron chi connectivity index (χ1n) is 10.1. The van der Waals surface area contributed by atoms with Crippen molar-refractivity contribution in [1.82, 2.24) is 24.4 Å². The summed E-state index contributed by atoms with van der Waals surface area (Å²) in [6.07, 6.45) is 5.75. The predicted molar refractivity (Wildman–Crippen MR) is 113 cm³/mol. The first-order valence-corrected chi connectivity index (χ1v) is 10.1. The zero-order chi connectivity index (χ0) is 21.7. The summed E-state index contributed by atoms with van der Waals surface area (Å²) in [7, 11) is 0. The summed E-state index contributed by atoms with van der Waals surface area (Å²) < 4.78 is 23.7. The number of nitriles is 1. The molecule has 3 aromatic heterocycles. The third-order valence-electron chi connectivity index (χ3n) is 5.78. The monoisotopic (exact) mass is 428 g/mol. The third-order valence-corrected chi connectivity index (χ3v) is 5.78. The summed E-state index contributed by atoms with van der Waals surface area (Å²) in [6, 6.07) is 9.03. The van der Waals surface area contributed by atoms with Crippen LogP contribution < -0.4 is 21.2 Å². The maximum atomic E-state index is 14.5. The van der Waals surface area contributed by atoms with Gasteiger partial charge in [0.2, 0.25) is 5.62 Å². The van der Waals surface area contributed by atoms with Crippen LogP contribution in [0.1, 0.15) is 16.8 Å². The van der Waals surface area contributed by atoms with Crippen LogP contribution in [0.4, 0.5) is 10.2 Å². The van der Waals surface area contributed by atoms with Gasteiger partial charge in [-0.15, -0.1) is 0 Å². The number of fused-ring (bicyclic) bond motifs is 3. The topological polar surface area (TPSA) is 105 Å². The van der Waals surface area contributed by atoms with E-state index >= 15 is 0 Å². The van der Waals surface area contributed by atoms with E-state index in [1.54, 1.807) is 29.1 Å². The Hall–Kier alpha value is -4.23. The zero-order valence-electron chi connectivity index (χ0n) is 16.8. The van der Waals surface area contributed by atoms with Crippen LogP contribution in [-0.2, 0) is 19.6 Å². The number of hydrazine groups is 1. The fourth-order valence-electron chi connectivity index (χ4n) is 4.25. The van der Waals surface area contributed by atoms with Gasteiger partial charge in [0.15, 0.2) is 0 Å². The van der Waals surface area contributed by atoms with Crippen LogP contribution in [0.5, 0.6) is 5.75 Å². The fourth-order valence-corrected chi connectivity index (χ4v) is 4.25. The number of pyridine rings is 1. The molecule has 0 aliphatic carbocycles. The van der Waals surface area contributed by atoms with Gasteiger partial charge in [0.1, 0.15) is 34.8 Å². The van der Waals surface area contributed by atoms with Crippen molar-refractivity contribution in [1.29, 1.82) is 5.26 Å². The Balaban J connectivity index is 1.45. The second-order valence-corrected chi connectivity index (χ2v) is 7.50. The van der Waals surface area contributed by atoms with E-state index in [-0.39, 0.29) is 12.4 Å². The number of halogens is 1. The highest BCUT2D eigenvalue weighted by atomic mass is 19.1. The number of hydrogen-bond acceptors (Lipinski definition) is 7. The Kier molecular flexibility index (Phi) is 4.16. The molecule has 5 heterocycles. The quantitative estimate of drug-likeness (QED) is 0.518. The molecule has 0 atom stereocenters. The fraction of sp³-hybridized carbons (Fsp3) is 0.182. The molecular weight excluding hydrogens is 411 g/mol. The Morgan fingerprint density at radius 2 is 2.16 bits per heavy atom. The molecule has 0 bridgehead atoms. The Labute approximate surface area is 181 Å². The highest BCUT2D eigenvalue weighted by Crippen LogP contribution is 2.32. The minimum Gasteiger partial charge on any atom is -0.493 e. The van der Waals surface area contributed by atoms with Gasteiger partial charge in [0, 0.05) is 41.1 Å². The lowest BCUT2D eigenvalue weighted by atomic mass is 10.0. The Bertz CT molecular complexity index is 1500. The number of nitrogens with zero attached hydrogens (tertiary/aromatic N) is 6. The van der Waals surface area contributed by atoms with Crippen molar-refractivity contribution < 1.29 is 9.13 Å². The molecule has 0 radical (unpaired) electrons. The van der Waals surface area contributed by atoms with E-state index in [2.05, 4.69) is 31.9 Å². The molecule has 4 aromatic rings. The number of benzene rings is 1. The van der Waals surface area contributed by atoms with Crippen molar-refractivity contribution in [2.75, 3.05) is 12.0 Å². The number of hydrogen-bond donors (Lipinski definition) is 2. The predicted octanol–water partition coefficient (Wildman–Crippen LogP) is 2.13. The molecule has 158 valence electrons. The van der Waals surface area contributed by atoms with Crippen molar-refractivity contribution in [3.8, 4) is 22.9 Å². The van der Waals surface area contributed by atoms with Gasteiger partial charge in [-0.2, -0.15) is 5.26 Å². The molecule has 0 unspecified atom stereocenters. The molecule has 2 N–H and O–H groups in total. The molecule has 0 spiro atoms. The highest BCUT2D eigenvalue weighted by Gasteiger charge is 2.21. The van der Waals surface area contributed by atoms with E-state index < -0.39 is 0 Å². The van der Waals surface area contributed by atoms with E-state index in [0.29, 0.717) is 42.2 Å². The van der Waals surface area contributed by atoms with Crippen LogP contribution in [0, 0.1) is 17.1 Å². The van der Waals surface area contributed by atoms with Gasteiger partial charge in [0.25, 0.3) is 0 Å². The molecule has 0 amide bonds. The number of aromatic nitrogens is 4. The van der Waals surface area contributed by atoms with Gasteiger partial charge in [-0.1, -0.05) is 0 Å². The zero-order valence-corrected chi connectivity index (χ0v) is 16.8. The van der Waals surface area contributed by atoms with Crippen molar-refractivity contribution in [2.24, 2.45) is 4.99 Å². The molecule has 2 aliphatic heterocycles. The average Bonchev–Trinajstić information content (AvgIpc) is 3.57. The smallest absolute Gasteiger partial charge is 0.227 e. The minimum atomic E-state index is -0.285. The molecule has 0 fully saturated rings. The lowest BCUT2D eigenvalue weighted by Crippen LogP contribution is -2.24. The summed E-state index contributed by atoms with van der Waals surface area (Å²) >= 11 is 0. The van der Waals surface area contributed by atoms with Crippen LogP contribution >= 0.6 is 0 Å². The molecule has 9 nitrogen and oxygen atoms in total. The van der Waals surface area contributed by atoms with E-state index in [0.717, 1.165) is 28.3 Å². The van der Waals surface area contributed by atoms with E-state index in [1.807, 2.05) is 16.7 Å². The van der Waals surface area contributed by atoms with E-state index in [4.69, 9.17) is 4.74 Å².